The van der Waals surface area contributed by atoms with Crippen molar-refractivity contribution < 1.29 is 4.74 Å². The summed E-state index contributed by atoms with van der Waals surface area (Å²) >= 11 is 6.36. The van der Waals surface area contributed by atoms with Gasteiger partial charge in [0.2, 0.25) is 0 Å². The minimum absolute atomic E-state index is 0.536. The molecule has 0 saturated carbocycles. The standard InChI is InChI=1S/C18H22ClNO/c1-14-11-16(9-5-6-10-20)12-17(19)18(14)21-13-15-7-3-2-4-8-15/h2-4,7-8,11-12H,5-6,9-10,13,20H2,1H3. The van der Waals surface area contributed by atoms with Gasteiger partial charge in [0.15, 0.2) is 0 Å². The molecule has 0 aliphatic heterocycles. The Kier molecular flexibility index (Phi) is 6.09. The number of rotatable bonds is 7. The predicted molar refractivity (Wildman–Crippen MR) is 89.0 cm³/mol. The molecule has 21 heavy (non-hydrogen) atoms. The molecular formula is C18H22ClNO. The van der Waals surface area contributed by atoms with Crippen LogP contribution in [0.15, 0.2) is 42.5 Å². The van der Waals surface area contributed by atoms with E-state index in [1.165, 1.54) is 5.56 Å². The molecule has 0 amide bonds. The second-order valence-corrected chi connectivity index (χ2v) is 5.65. The Hall–Kier alpha value is -1.51. The van der Waals surface area contributed by atoms with Gasteiger partial charge in [-0.25, -0.2) is 0 Å². The van der Waals surface area contributed by atoms with Gasteiger partial charge in [-0.3, -0.25) is 0 Å². The quantitative estimate of drug-likeness (QED) is 0.764. The highest BCUT2D eigenvalue weighted by Crippen LogP contribution is 2.31. The van der Waals surface area contributed by atoms with Crippen LogP contribution >= 0.6 is 11.6 Å². The highest BCUT2D eigenvalue weighted by Gasteiger charge is 2.08. The summed E-state index contributed by atoms with van der Waals surface area (Å²) in [4.78, 5) is 0. The minimum atomic E-state index is 0.536. The van der Waals surface area contributed by atoms with Gasteiger partial charge in [-0.05, 0) is 55.5 Å². The molecule has 0 unspecified atom stereocenters. The lowest BCUT2D eigenvalue weighted by atomic mass is 10.0. The van der Waals surface area contributed by atoms with Crippen molar-refractivity contribution >= 4 is 11.6 Å². The highest BCUT2D eigenvalue weighted by molar-refractivity contribution is 6.32. The highest BCUT2D eigenvalue weighted by atomic mass is 35.5. The predicted octanol–water partition coefficient (Wildman–Crippen LogP) is 4.51. The van der Waals surface area contributed by atoms with E-state index in [4.69, 9.17) is 22.1 Å². The van der Waals surface area contributed by atoms with E-state index in [1.807, 2.05) is 43.3 Å². The van der Waals surface area contributed by atoms with E-state index >= 15 is 0 Å². The Morgan fingerprint density at radius 2 is 1.81 bits per heavy atom. The van der Waals surface area contributed by atoms with Crippen LogP contribution in [0.2, 0.25) is 5.02 Å². The monoisotopic (exact) mass is 303 g/mol. The van der Waals surface area contributed by atoms with Crippen LogP contribution in [0.5, 0.6) is 5.75 Å². The fraction of sp³-hybridized carbons (Fsp3) is 0.333. The van der Waals surface area contributed by atoms with Crippen molar-refractivity contribution in [3.63, 3.8) is 0 Å². The summed E-state index contributed by atoms with van der Waals surface area (Å²) in [5.74, 6) is 0.781. The lowest BCUT2D eigenvalue weighted by Crippen LogP contribution is -2.00. The van der Waals surface area contributed by atoms with Crippen LogP contribution in [0.3, 0.4) is 0 Å². The smallest absolute Gasteiger partial charge is 0.141 e. The van der Waals surface area contributed by atoms with Gasteiger partial charge in [0.25, 0.3) is 0 Å². The van der Waals surface area contributed by atoms with Crippen molar-refractivity contribution in [1.29, 1.82) is 0 Å². The number of halogens is 1. The molecule has 2 aromatic carbocycles. The van der Waals surface area contributed by atoms with E-state index in [1.54, 1.807) is 0 Å². The Bertz CT molecular complexity index is 546. The SMILES string of the molecule is Cc1cc(CCCCN)cc(Cl)c1OCc1ccccc1. The molecule has 0 aliphatic rings. The zero-order valence-corrected chi connectivity index (χ0v) is 13.2. The van der Waals surface area contributed by atoms with Crippen LogP contribution in [0.1, 0.15) is 29.5 Å². The molecule has 0 spiro atoms. The first-order valence-electron chi connectivity index (χ1n) is 7.36. The largest absolute Gasteiger partial charge is 0.487 e. The number of ether oxygens (including phenoxy) is 1. The maximum atomic E-state index is 6.36. The second kappa shape index (κ2) is 8.06. The number of hydrogen-bond acceptors (Lipinski definition) is 2. The van der Waals surface area contributed by atoms with Gasteiger partial charge in [0, 0.05) is 0 Å². The number of benzene rings is 2. The van der Waals surface area contributed by atoms with Gasteiger partial charge < -0.3 is 10.5 Å². The zero-order chi connectivity index (χ0) is 15.1. The third kappa shape index (κ3) is 4.76. The van der Waals surface area contributed by atoms with Gasteiger partial charge in [0.1, 0.15) is 12.4 Å². The van der Waals surface area contributed by atoms with Crippen LogP contribution in [-0.2, 0) is 13.0 Å². The van der Waals surface area contributed by atoms with E-state index in [-0.39, 0.29) is 0 Å². The van der Waals surface area contributed by atoms with E-state index in [2.05, 4.69) is 6.07 Å². The summed E-state index contributed by atoms with van der Waals surface area (Å²) in [6.45, 7) is 3.32. The molecule has 0 atom stereocenters. The Morgan fingerprint density at radius 1 is 1.05 bits per heavy atom. The Balaban J connectivity index is 2.03. The summed E-state index contributed by atoms with van der Waals surface area (Å²) in [7, 11) is 0. The average Bonchev–Trinajstić information content (AvgIpc) is 2.48. The first kappa shape index (κ1) is 15.9. The molecule has 0 aliphatic carbocycles. The van der Waals surface area contributed by atoms with Crippen LogP contribution in [-0.4, -0.2) is 6.54 Å². The molecule has 0 bridgehead atoms. The molecule has 2 nitrogen and oxygen atoms in total. The number of nitrogens with two attached hydrogens (primary N) is 1. The van der Waals surface area contributed by atoms with Crippen molar-refractivity contribution in [1.82, 2.24) is 0 Å². The van der Waals surface area contributed by atoms with Crippen LogP contribution in [0.4, 0.5) is 0 Å². The zero-order valence-electron chi connectivity index (χ0n) is 12.4. The molecule has 0 radical (unpaired) electrons. The molecule has 0 fully saturated rings. The lowest BCUT2D eigenvalue weighted by Gasteiger charge is -2.13. The molecule has 0 saturated heterocycles. The van der Waals surface area contributed by atoms with Crippen molar-refractivity contribution in [2.75, 3.05) is 6.54 Å². The van der Waals surface area contributed by atoms with E-state index in [0.29, 0.717) is 11.6 Å². The Labute approximate surface area is 131 Å². The van der Waals surface area contributed by atoms with E-state index < -0.39 is 0 Å². The fourth-order valence-corrected chi connectivity index (χ4v) is 2.68. The number of aryl methyl sites for hydroxylation is 2. The normalized spacial score (nSPS) is 10.6. The maximum absolute atomic E-state index is 6.36. The van der Waals surface area contributed by atoms with Crippen LogP contribution in [0.25, 0.3) is 0 Å². The third-order valence-electron chi connectivity index (χ3n) is 3.43. The Morgan fingerprint density at radius 3 is 2.48 bits per heavy atom. The second-order valence-electron chi connectivity index (χ2n) is 5.24. The lowest BCUT2D eigenvalue weighted by molar-refractivity contribution is 0.304. The van der Waals surface area contributed by atoms with Gasteiger partial charge in [0.05, 0.1) is 5.02 Å². The van der Waals surface area contributed by atoms with Crippen LogP contribution < -0.4 is 10.5 Å². The molecule has 2 aromatic rings. The summed E-state index contributed by atoms with van der Waals surface area (Å²) in [5, 5.41) is 0.689. The molecular weight excluding hydrogens is 282 g/mol. The molecule has 3 heteroatoms. The van der Waals surface area contributed by atoms with Crippen LogP contribution in [0, 0.1) is 6.92 Å². The average molecular weight is 304 g/mol. The van der Waals surface area contributed by atoms with Crippen molar-refractivity contribution in [2.45, 2.75) is 32.8 Å². The summed E-state index contributed by atoms with van der Waals surface area (Å²) in [5.41, 5.74) is 9.00. The van der Waals surface area contributed by atoms with Gasteiger partial charge in [-0.1, -0.05) is 48.0 Å². The van der Waals surface area contributed by atoms with Gasteiger partial charge in [-0.15, -0.1) is 0 Å². The molecule has 112 valence electrons. The summed E-state index contributed by atoms with van der Waals surface area (Å²) in [6, 6.07) is 14.3. The number of hydrogen-bond donors (Lipinski definition) is 1. The van der Waals surface area contributed by atoms with Crippen molar-refractivity contribution in [3.8, 4) is 5.75 Å². The fourth-order valence-electron chi connectivity index (χ4n) is 2.33. The minimum Gasteiger partial charge on any atom is -0.487 e. The maximum Gasteiger partial charge on any atom is 0.141 e. The van der Waals surface area contributed by atoms with E-state index in [0.717, 1.165) is 42.7 Å². The van der Waals surface area contributed by atoms with E-state index in [9.17, 15) is 0 Å². The van der Waals surface area contributed by atoms with Crippen molar-refractivity contribution in [2.24, 2.45) is 5.73 Å². The van der Waals surface area contributed by atoms with Crippen molar-refractivity contribution in [3.05, 3.63) is 64.2 Å². The van der Waals surface area contributed by atoms with Gasteiger partial charge in [-0.2, -0.15) is 0 Å². The molecule has 2 N–H and O–H groups in total. The summed E-state index contributed by atoms with van der Waals surface area (Å²) in [6.07, 6.45) is 3.15. The topological polar surface area (TPSA) is 35.2 Å². The first-order chi connectivity index (χ1) is 10.2. The summed E-state index contributed by atoms with van der Waals surface area (Å²) < 4.78 is 5.88. The van der Waals surface area contributed by atoms with Gasteiger partial charge >= 0.3 is 0 Å². The molecule has 0 aromatic heterocycles. The molecule has 2 rings (SSSR count). The molecule has 0 heterocycles. The first-order valence-corrected chi connectivity index (χ1v) is 7.74. The number of unbranched alkanes of at least 4 members (excludes halogenated alkanes) is 1. The third-order valence-corrected chi connectivity index (χ3v) is 3.72.